The Kier molecular flexibility index (Phi) is 3.26. The molecule has 2 rings (SSSR count). The van der Waals surface area contributed by atoms with Crippen LogP contribution >= 0.6 is 0 Å². The lowest BCUT2D eigenvalue weighted by molar-refractivity contribution is -0.386. The summed E-state index contributed by atoms with van der Waals surface area (Å²) < 4.78 is 5.08. The van der Waals surface area contributed by atoms with Crippen molar-refractivity contribution in [2.45, 2.75) is 19.8 Å². The highest BCUT2D eigenvalue weighted by Crippen LogP contribution is 2.51. The van der Waals surface area contributed by atoms with E-state index in [1.807, 2.05) is 26.0 Å². The summed E-state index contributed by atoms with van der Waals surface area (Å²) in [6.45, 7) is 3.99. The fourth-order valence-corrected chi connectivity index (χ4v) is 2.66. The molecule has 0 aromatic heterocycles. The Balaban J connectivity index is 2.81. The van der Waals surface area contributed by atoms with Gasteiger partial charge in [0.2, 0.25) is 0 Å². The van der Waals surface area contributed by atoms with Gasteiger partial charge in [-0.2, -0.15) is 5.26 Å². The zero-order valence-corrected chi connectivity index (χ0v) is 11.0. The van der Waals surface area contributed by atoms with Crippen LogP contribution in [0.5, 0.6) is 5.75 Å². The Morgan fingerprint density at radius 3 is 2.63 bits per heavy atom. The molecule has 1 aliphatic carbocycles. The van der Waals surface area contributed by atoms with Crippen LogP contribution in [-0.2, 0) is 0 Å². The third-order valence-electron chi connectivity index (χ3n) is 3.82. The lowest BCUT2D eigenvalue weighted by Gasteiger charge is -2.09. The predicted molar refractivity (Wildman–Crippen MR) is 70.8 cm³/mol. The van der Waals surface area contributed by atoms with Crippen LogP contribution in [0.15, 0.2) is 18.2 Å². The first-order chi connectivity index (χ1) is 9.02. The third kappa shape index (κ3) is 1.85. The molecule has 2 atom stereocenters. The molecule has 1 aromatic rings. The first kappa shape index (κ1) is 13.1. The maximum absolute atomic E-state index is 11.3. The van der Waals surface area contributed by atoms with Gasteiger partial charge in [-0.05, 0) is 29.0 Å². The molecule has 98 valence electrons. The summed E-state index contributed by atoms with van der Waals surface area (Å²) in [6.07, 6.45) is 1.40. The van der Waals surface area contributed by atoms with Gasteiger partial charge < -0.3 is 4.74 Å². The van der Waals surface area contributed by atoms with Crippen LogP contribution in [0.1, 0.15) is 30.9 Å². The molecule has 0 N–H and O–H groups in total. The summed E-state index contributed by atoms with van der Waals surface area (Å²) in [5.41, 5.74) is 2.13. The lowest BCUT2D eigenvalue weighted by Crippen LogP contribution is -1.99. The highest BCUT2D eigenvalue weighted by atomic mass is 16.6. The van der Waals surface area contributed by atoms with E-state index in [1.54, 1.807) is 6.07 Å². The second-order valence-corrected chi connectivity index (χ2v) is 4.64. The van der Waals surface area contributed by atoms with Crippen molar-refractivity contribution in [3.8, 4) is 11.8 Å². The summed E-state index contributed by atoms with van der Waals surface area (Å²) >= 11 is 0. The average molecular weight is 258 g/mol. The summed E-state index contributed by atoms with van der Waals surface area (Å²) in [5, 5.41) is 20.2. The molecule has 0 spiro atoms. The number of methoxy groups -OCH3 is 1. The number of hydrogen-bond donors (Lipinski definition) is 0. The molecule has 2 unspecified atom stereocenters. The molecule has 0 heterocycles. The van der Waals surface area contributed by atoms with Crippen molar-refractivity contribution in [1.29, 1.82) is 5.26 Å². The van der Waals surface area contributed by atoms with Crippen molar-refractivity contribution >= 4 is 11.3 Å². The largest absolute Gasteiger partial charge is 0.490 e. The minimum Gasteiger partial charge on any atom is -0.490 e. The molecule has 5 heteroatoms. The number of rotatable bonds is 2. The lowest BCUT2D eigenvalue weighted by atomic mass is 9.94. The number of hydrogen-bond acceptors (Lipinski definition) is 4. The maximum atomic E-state index is 11.3. The van der Waals surface area contributed by atoms with Gasteiger partial charge in [0.1, 0.15) is 0 Å². The van der Waals surface area contributed by atoms with Gasteiger partial charge in [-0.15, -0.1) is 0 Å². The second kappa shape index (κ2) is 4.73. The van der Waals surface area contributed by atoms with Crippen molar-refractivity contribution in [2.24, 2.45) is 5.92 Å². The summed E-state index contributed by atoms with van der Waals surface area (Å²) in [6, 6.07) is 5.45. The van der Waals surface area contributed by atoms with Crippen molar-refractivity contribution < 1.29 is 9.66 Å². The molecule has 5 nitrogen and oxygen atoms in total. The summed E-state index contributed by atoms with van der Waals surface area (Å²) in [4.78, 5) is 10.9. The molecule has 0 radical (unpaired) electrons. The van der Waals surface area contributed by atoms with Crippen molar-refractivity contribution in [1.82, 2.24) is 0 Å². The Labute approximate surface area is 111 Å². The Bertz CT molecular complexity index is 614. The van der Waals surface area contributed by atoms with Gasteiger partial charge >= 0.3 is 5.69 Å². The van der Waals surface area contributed by atoms with Gasteiger partial charge in [0, 0.05) is 6.08 Å². The summed E-state index contributed by atoms with van der Waals surface area (Å²) in [5.74, 6) is 0.466. The molecule has 0 saturated heterocycles. The van der Waals surface area contributed by atoms with E-state index < -0.39 is 4.92 Å². The van der Waals surface area contributed by atoms with Crippen LogP contribution < -0.4 is 4.74 Å². The molecule has 0 fully saturated rings. The number of fused-ring (bicyclic) bond motifs is 1. The van der Waals surface area contributed by atoms with Crippen LogP contribution in [0.25, 0.3) is 5.57 Å². The average Bonchev–Trinajstić information content (AvgIpc) is 2.63. The van der Waals surface area contributed by atoms with Crippen molar-refractivity contribution in [3.05, 3.63) is 39.4 Å². The molecule has 19 heavy (non-hydrogen) atoms. The molecular weight excluding hydrogens is 244 g/mol. The van der Waals surface area contributed by atoms with Crippen LogP contribution in [0.4, 0.5) is 5.69 Å². The van der Waals surface area contributed by atoms with Gasteiger partial charge in [0.25, 0.3) is 0 Å². The van der Waals surface area contributed by atoms with E-state index in [2.05, 4.69) is 0 Å². The van der Waals surface area contributed by atoms with Crippen LogP contribution in [-0.4, -0.2) is 12.0 Å². The molecular formula is C14H14N2O3. The molecule has 0 bridgehead atoms. The normalized spacial score (nSPS) is 22.9. The third-order valence-corrected chi connectivity index (χ3v) is 3.82. The maximum Gasteiger partial charge on any atom is 0.318 e. The number of nitriles is 1. The van der Waals surface area contributed by atoms with E-state index in [1.165, 1.54) is 13.2 Å². The Hall–Kier alpha value is -2.35. The van der Waals surface area contributed by atoms with E-state index in [-0.39, 0.29) is 23.3 Å². The number of nitrogens with zero attached hydrogens (tertiary/aromatic N) is 2. The Morgan fingerprint density at radius 2 is 2.11 bits per heavy atom. The number of nitro benzene ring substituents is 1. The number of benzene rings is 1. The first-order valence-corrected chi connectivity index (χ1v) is 5.98. The van der Waals surface area contributed by atoms with E-state index in [0.717, 1.165) is 11.1 Å². The smallest absolute Gasteiger partial charge is 0.318 e. The van der Waals surface area contributed by atoms with Gasteiger partial charge in [0.15, 0.2) is 5.75 Å². The van der Waals surface area contributed by atoms with Gasteiger partial charge in [0.05, 0.1) is 23.7 Å². The fraction of sp³-hybridized carbons (Fsp3) is 0.357. The highest BCUT2D eigenvalue weighted by molar-refractivity contribution is 5.85. The van der Waals surface area contributed by atoms with Crippen LogP contribution in [0.3, 0.4) is 0 Å². The number of nitro groups is 1. The van der Waals surface area contributed by atoms with E-state index >= 15 is 0 Å². The molecule has 0 saturated carbocycles. The Morgan fingerprint density at radius 1 is 1.42 bits per heavy atom. The quantitative estimate of drug-likeness (QED) is 0.463. The second-order valence-electron chi connectivity index (χ2n) is 4.64. The molecule has 1 aliphatic rings. The fourth-order valence-electron chi connectivity index (χ4n) is 2.66. The monoisotopic (exact) mass is 258 g/mol. The standard InChI is InChI=1S/C14H14N2O3/c1-8-9(2)11(6-7-15)13-10(8)4-5-12(19-3)14(13)16(17)18/h4-6,8-9H,1-3H3. The SMILES string of the molecule is COc1ccc2c(c1[N+](=O)[O-])C(=CC#N)C(C)C2C. The van der Waals surface area contributed by atoms with Crippen molar-refractivity contribution in [3.63, 3.8) is 0 Å². The van der Waals surface area contributed by atoms with E-state index in [9.17, 15) is 10.1 Å². The molecule has 0 amide bonds. The van der Waals surface area contributed by atoms with Crippen molar-refractivity contribution in [2.75, 3.05) is 7.11 Å². The zero-order valence-electron chi connectivity index (χ0n) is 11.0. The zero-order chi connectivity index (χ0) is 14.2. The van der Waals surface area contributed by atoms with Crippen LogP contribution in [0.2, 0.25) is 0 Å². The predicted octanol–water partition coefficient (Wildman–Crippen LogP) is 3.26. The van der Waals surface area contributed by atoms with Gasteiger partial charge in [-0.25, -0.2) is 0 Å². The van der Waals surface area contributed by atoms with E-state index in [0.29, 0.717) is 5.56 Å². The molecule has 0 aliphatic heterocycles. The minimum atomic E-state index is -0.437. The number of allylic oxidation sites excluding steroid dienone is 2. The minimum absolute atomic E-state index is 0.0438. The topological polar surface area (TPSA) is 76.2 Å². The van der Waals surface area contributed by atoms with E-state index in [4.69, 9.17) is 10.00 Å². The van der Waals surface area contributed by atoms with Gasteiger partial charge in [-0.1, -0.05) is 19.9 Å². The highest BCUT2D eigenvalue weighted by Gasteiger charge is 2.38. The van der Waals surface area contributed by atoms with Crippen LogP contribution in [0, 0.1) is 27.4 Å². The molecule has 1 aromatic carbocycles. The first-order valence-electron chi connectivity index (χ1n) is 5.98. The number of ether oxygens (including phenoxy) is 1. The summed E-state index contributed by atoms with van der Waals surface area (Å²) in [7, 11) is 1.41. The van der Waals surface area contributed by atoms with Gasteiger partial charge in [-0.3, -0.25) is 10.1 Å².